The van der Waals surface area contributed by atoms with E-state index in [9.17, 15) is 30.4 Å². The molecule has 5 rings (SSSR count). The predicted molar refractivity (Wildman–Crippen MR) is 155 cm³/mol. The third kappa shape index (κ3) is 7.60. The predicted octanol–water partition coefficient (Wildman–Crippen LogP) is 6.17. The molecule has 14 heteroatoms. The summed E-state index contributed by atoms with van der Waals surface area (Å²) < 4.78 is 97.8. The Morgan fingerprint density at radius 3 is 2.35 bits per heavy atom. The molecular formula is C29H31F5N6O2S. The first kappa shape index (κ1) is 30.7. The zero-order valence-electron chi connectivity index (χ0n) is 23.5. The maximum atomic E-state index is 14.7. The summed E-state index contributed by atoms with van der Waals surface area (Å²) in [4.78, 5) is 10.9. The van der Waals surface area contributed by atoms with E-state index in [0.717, 1.165) is 54.5 Å². The van der Waals surface area contributed by atoms with E-state index < -0.39 is 45.8 Å². The van der Waals surface area contributed by atoms with Gasteiger partial charge in [0.05, 0.1) is 17.1 Å². The van der Waals surface area contributed by atoms with Gasteiger partial charge in [0, 0.05) is 29.2 Å². The second-order valence-electron chi connectivity index (χ2n) is 11.0. The van der Waals surface area contributed by atoms with Gasteiger partial charge in [-0.25, -0.2) is 22.2 Å². The monoisotopic (exact) mass is 622 g/mol. The SMILES string of the molecule is CN(C)C1CCC(Nc2ncc3cc(-c4ccc(F)c(NS(=O)(=O)Cc5ccc(F)cc5)c4)n(CC(F)(F)F)c3n2)CC1. The molecule has 8 nitrogen and oxygen atoms in total. The number of halogens is 5. The van der Waals surface area contributed by atoms with Crippen molar-refractivity contribution < 1.29 is 30.4 Å². The van der Waals surface area contributed by atoms with Gasteiger partial charge in [-0.2, -0.15) is 18.2 Å². The maximum absolute atomic E-state index is 14.7. The minimum atomic E-state index is -4.61. The van der Waals surface area contributed by atoms with Crippen LogP contribution in [0.2, 0.25) is 0 Å². The third-order valence-corrected chi connectivity index (χ3v) is 8.77. The van der Waals surface area contributed by atoms with Crippen LogP contribution < -0.4 is 10.0 Å². The second-order valence-corrected chi connectivity index (χ2v) is 12.7. The van der Waals surface area contributed by atoms with Crippen LogP contribution in [0.1, 0.15) is 31.2 Å². The summed E-state index contributed by atoms with van der Waals surface area (Å²) in [5, 5.41) is 3.59. The summed E-state index contributed by atoms with van der Waals surface area (Å²) >= 11 is 0. The van der Waals surface area contributed by atoms with Crippen LogP contribution in [0.5, 0.6) is 0 Å². The first-order valence-electron chi connectivity index (χ1n) is 13.7. The number of anilines is 2. The van der Waals surface area contributed by atoms with Crippen LogP contribution in [0, 0.1) is 11.6 Å². The lowest BCUT2D eigenvalue weighted by atomic mass is 9.91. The topological polar surface area (TPSA) is 92.1 Å². The van der Waals surface area contributed by atoms with Crippen molar-refractivity contribution >= 4 is 32.7 Å². The standard InChI is InChI=1S/C29H31F5N6O2S/c1-39(2)23-10-8-22(9-11-23)36-28-35-15-20-14-26(40(27(20)37-28)17-29(32,33)34)19-5-12-24(31)25(13-19)38-43(41,42)16-18-3-6-21(30)7-4-18/h3-7,12-15,22-23,38H,8-11,16-17H2,1-2H3,(H,35,36,37). The smallest absolute Gasteiger partial charge is 0.351 e. The third-order valence-electron chi connectivity index (χ3n) is 7.53. The highest BCUT2D eigenvalue weighted by atomic mass is 32.2. The molecule has 2 aromatic carbocycles. The summed E-state index contributed by atoms with van der Waals surface area (Å²) in [6.07, 6.45) is 0.513. The Hall–Kier alpha value is -3.78. The molecule has 0 spiro atoms. The minimum Gasteiger partial charge on any atom is -0.351 e. The number of fused-ring (bicyclic) bond motifs is 1. The largest absolute Gasteiger partial charge is 0.406 e. The molecule has 1 saturated carbocycles. The summed E-state index contributed by atoms with van der Waals surface area (Å²) in [7, 11) is -0.0730. The molecular weight excluding hydrogens is 591 g/mol. The maximum Gasteiger partial charge on any atom is 0.406 e. The van der Waals surface area contributed by atoms with Gasteiger partial charge in [0.25, 0.3) is 0 Å². The van der Waals surface area contributed by atoms with Gasteiger partial charge in [0.15, 0.2) is 0 Å². The van der Waals surface area contributed by atoms with E-state index >= 15 is 0 Å². The Balaban J connectivity index is 1.45. The Labute approximate surface area is 246 Å². The van der Waals surface area contributed by atoms with E-state index in [-0.39, 0.29) is 34.5 Å². The Morgan fingerprint density at radius 2 is 1.70 bits per heavy atom. The molecule has 0 amide bonds. The summed E-state index contributed by atoms with van der Waals surface area (Å²) in [5.74, 6) is -1.81. The number of hydrogen-bond acceptors (Lipinski definition) is 6. The molecule has 0 saturated heterocycles. The van der Waals surface area contributed by atoms with Crippen molar-refractivity contribution in [1.82, 2.24) is 19.4 Å². The first-order valence-corrected chi connectivity index (χ1v) is 15.3. The zero-order chi connectivity index (χ0) is 30.9. The molecule has 1 aliphatic rings. The lowest BCUT2D eigenvalue weighted by Gasteiger charge is -2.32. The number of hydrogen-bond donors (Lipinski definition) is 2. The molecule has 43 heavy (non-hydrogen) atoms. The fourth-order valence-electron chi connectivity index (χ4n) is 5.37. The lowest BCUT2D eigenvalue weighted by molar-refractivity contribution is -0.139. The normalized spacial score (nSPS) is 17.9. The highest BCUT2D eigenvalue weighted by Gasteiger charge is 2.31. The van der Waals surface area contributed by atoms with Crippen LogP contribution in [0.4, 0.5) is 33.6 Å². The van der Waals surface area contributed by atoms with Crippen molar-refractivity contribution in [3.05, 3.63) is 71.9 Å². The lowest BCUT2D eigenvalue weighted by Crippen LogP contribution is -2.36. The molecule has 1 aliphatic carbocycles. The average Bonchev–Trinajstić information content (AvgIpc) is 3.27. The van der Waals surface area contributed by atoms with E-state index in [1.165, 1.54) is 30.5 Å². The molecule has 1 fully saturated rings. The van der Waals surface area contributed by atoms with Crippen LogP contribution >= 0.6 is 0 Å². The molecule has 0 atom stereocenters. The van der Waals surface area contributed by atoms with E-state index in [1.807, 2.05) is 14.1 Å². The highest BCUT2D eigenvalue weighted by Crippen LogP contribution is 2.34. The second kappa shape index (κ2) is 12.1. The Bertz CT molecular complexity index is 1700. The Morgan fingerprint density at radius 1 is 1.00 bits per heavy atom. The molecule has 2 heterocycles. The van der Waals surface area contributed by atoms with Gasteiger partial charge in [-0.1, -0.05) is 12.1 Å². The van der Waals surface area contributed by atoms with Gasteiger partial charge in [-0.3, -0.25) is 4.72 Å². The van der Waals surface area contributed by atoms with Crippen LogP contribution in [0.15, 0.2) is 54.7 Å². The zero-order valence-corrected chi connectivity index (χ0v) is 24.3. The molecule has 4 aromatic rings. The van der Waals surface area contributed by atoms with Crippen LogP contribution in [-0.2, 0) is 22.3 Å². The quantitative estimate of drug-likeness (QED) is 0.217. The van der Waals surface area contributed by atoms with Gasteiger partial charge in [0.2, 0.25) is 16.0 Å². The van der Waals surface area contributed by atoms with Crippen molar-refractivity contribution in [2.24, 2.45) is 0 Å². The number of nitrogens with zero attached hydrogens (tertiary/aromatic N) is 4. The summed E-state index contributed by atoms with van der Waals surface area (Å²) in [6, 6.07) is 10.2. The molecule has 230 valence electrons. The van der Waals surface area contributed by atoms with Gasteiger partial charge >= 0.3 is 6.18 Å². The summed E-state index contributed by atoms with van der Waals surface area (Å²) in [5.41, 5.74) is 0.0631. The van der Waals surface area contributed by atoms with Gasteiger partial charge in [-0.15, -0.1) is 0 Å². The molecule has 0 radical (unpaired) electrons. The van der Waals surface area contributed by atoms with E-state index in [1.54, 1.807) is 0 Å². The first-order chi connectivity index (χ1) is 20.3. The van der Waals surface area contributed by atoms with Crippen LogP contribution in [0.25, 0.3) is 22.3 Å². The van der Waals surface area contributed by atoms with Gasteiger partial charge in [-0.05, 0) is 81.7 Å². The number of sulfonamides is 1. The number of nitrogens with one attached hydrogen (secondary N) is 2. The van der Waals surface area contributed by atoms with E-state index in [4.69, 9.17) is 0 Å². The van der Waals surface area contributed by atoms with Crippen molar-refractivity contribution in [2.75, 3.05) is 24.1 Å². The molecule has 2 aromatic heterocycles. The molecule has 0 aliphatic heterocycles. The number of alkyl halides is 3. The van der Waals surface area contributed by atoms with Crippen LogP contribution in [-0.4, -0.2) is 60.2 Å². The number of aromatic nitrogens is 3. The van der Waals surface area contributed by atoms with Crippen molar-refractivity contribution in [1.29, 1.82) is 0 Å². The van der Waals surface area contributed by atoms with Crippen molar-refractivity contribution in [2.45, 2.75) is 56.2 Å². The highest BCUT2D eigenvalue weighted by molar-refractivity contribution is 7.91. The number of rotatable bonds is 9. The van der Waals surface area contributed by atoms with Crippen LogP contribution in [0.3, 0.4) is 0 Å². The molecule has 2 N–H and O–H groups in total. The average molecular weight is 623 g/mol. The number of benzene rings is 2. The van der Waals surface area contributed by atoms with Gasteiger partial charge < -0.3 is 14.8 Å². The van der Waals surface area contributed by atoms with Crippen molar-refractivity contribution in [3.8, 4) is 11.3 Å². The summed E-state index contributed by atoms with van der Waals surface area (Å²) in [6.45, 7) is -1.38. The Kier molecular flexibility index (Phi) is 8.61. The van der Waals surface area contributed by atoms with E-state index in [0.29, 0.717) is 11.4 Å². The van der Waals surface area contributed by atoms with Gasteiger partial charge in [0.1, 0.15) is 23.8 Å². The van der Waals surface area contributed by atoms with Crippen molar-refractivity contribution in [3.63, 3.8) is 0 Å². The fourth-order valence-corrected chi connectivity index (χ4v) is 6.57. The molecule has 0 unspecified atom stereocenters. The minimum absolute atomic E-state index is 0.0366. The molecule has 0 bridgehead atoms. The van der Waals surface area contributed by atoms with E-state index in [2.05, 4.69) is 24.9 Å². The fraction of sp³-hybridized carbons (Fsp3) is 0.379.